The van der Waals surface area contributed by atoms with Gasteiger partial charge in [-0.05, 0) is 12.2 Å². The minimum atomic E-state index is -0.615. The Kier molecular flexibility index (Phi) is 1.63. The molecule has 0 fully saturated rings. The molecule has 4 heteroatoms. The van der Waals surface area contributed by atoms with Crippen molar-refractivity contribution >= 4 is 17.6 Å². The minimum absolute atomic E-state index is 0.190. The molecule has 0 saturated carbocycles. The third-order valence-corrected chi connectivity index (χ3v) is 1.90. The highest BCUT2D eigenvalue weighted by Crippen LogP contribution is 2.23. The molecule has 2 rings (SSSR count). The fourth-order valence-corrected chi connectivity index (χ4v) is 1.26. The second-order valence-corrected chi connectivity index (χ2v) is 2.69. The average Bonchev–Trinajstić information content (AvgIpc) is 2.55. The van der Waals surface area contributed by atoms with E-state index in [2.05, 4.69) is 0 Å². The first kappa shape index (κ1) is 7.94. The van der Waals surface area contributed by atoms with E-state index in [4.69, 9.17) is 9.52 Å². The largest absolute Gasteiger partial charge is 0.464 e. The SMILES string of the molecule is O=C1C=Cc2occ(CO)c2C1=O. The van der Waals surface area contributed by atoms with Crippen LogP contribution in [0.3, 0.4) is 0 Å². The summed E-state index contributed by atoms with van der Waals surface area (Å²) in [5, 5.41) is 8.84. The number of aliphatic hydroxyl groups excluding tert-OH is 1. The van der Waals surface area contributed by atoms with Gasteiger partial charge < -0.3 is 9.52 Å². The fraction of sp³-hybridized carbons (Fsp3) is 0.111. The Balaban J connectivity index is 2.63. The molecule has 1 aromatic rings. The molecule has 1 aliphatic carbocycles. The molecular weight excluding hydrogens is 172 g/mol. The van der Waals surface area contributed by atoms with Crippen LogP contribution in [0.1, 0.15) is 21.7 Å². The number of fused-ring (bicyclic) bond motifs is 1. The van der Waals surface area contributed by atoms with Crippen molar-refractivity contribution in [3.63, 3.8) is 0 Å². The number of carbonyl (C=O) groups is 2. The van der Waals surface area contributed by atoms with Gasteiger partial charge >= 0.3 is 0 Å². The van der Waals surface area contributed by atoms with Crippen LogP contribution in [-0.2, 0) is 11.4 Å². The Labute approximate surface area is 73.5 Å². The number of aliphatic hydroxyl groups is 1. The molecule has 66 valence electrons. The second-order valence-electron chi connectivity index (χ2n) is 2.69. The number of ketones is 2. The van der Waals surface area contributed by atoms with E-state index >= 15 is 0 Å². The van der Waals surface area contributed by atoms with Crippen LogP contribution in [-0.4, -0.2) is 16.7 Å². The third kappa shape index (κ3) is 1.03. The first-order valence-electron chi connectivity index (χ1n) is 3.72. The molecule has 0 bridgehead atoms. The molecular formula is C9H6O4. The molecule has 0 saturated heterocycles. The van der Waals surface area contributed by atoms with E-state index in [0.717, 1.165) is 6.08 Å². The topological polar surface area (TPSA) is 67.5 Å². The van der Waals surface area contributed by atoms with Crippen LogP contribution in [0.15, 0.2) is 16.8 Å². The summed E-state index contributed by atoms with van der Waals surface area (Å²) in [5.41, 5.74) is 0.549. The highest BCUT2D eigenvalue weighted by atomic mass is 16.3. The smallest absolute Gasteiger partial charge is 0.237 e. The Morgan fingerprint density at radius 2 is 2.08 bits per heavy atom. The summed E-state index contributed by atoms with van der Waals surface area (Å²) in [6.45, 7) is -0.300. The molecule has 0 radical (unpaired) electrons. The van der Waals surface area contributed by atoms with Crippen molar-refractivity contribution in [2.45, 2.75) is 6.61 Å². The van der Waals surface area contributed by atoms with Crippen LogP contribution in [0.2, 0.25) is 0 Å². The van der Waals surface area contributed by atoms with E-state index < -0.39 is 11.6 Å². The van der Waals surface area contributed by atoms with Gasteiger partial charge in [0.15, 0.2) is 0 Å². The normalized spacial score (nSPS) is 14.8. The maximum atomic E-state index is 11.3. The van der Waals surface area contributed by atoms with Crippen LogP contribution in [0.5, 0.6) is 0 Å². The lowest BCUT2D eigenvalue weighted by atomic mass is 9.99. The quantitative estimate of drug-likeness (QED) is 0.637. The third-order valence-electron chi connectivity index (χ3n) is 1.90. The molecule has 1 heterocycles. The monoisotopic (exact) mass is 178 g/mol. The van der Waals surface area contributed by atoms with Crippen molar-refractivity contribution in [1.82, 2.24) is 0 Å². The van der Waals surface area contributed by atoms with Gasteiger partial charge in [-0.25, -0.2) is 0 Å². The predicted molar refractivity (Wildman–Crippen MR) is 43.0 cm³/mol. The molecule has 1 aliphatic rings. The molecule has 0 amide bonds. The van der Waals surface area contributed by atoms with Gasteiger partial charge in [0.25, 0.3) is 0 Å². The van der Waals surface area contributed by atoms with Crippen LogP contribution in [0.4, 0.5) is 0 Å². The molecule has 1 N–H and O–H groups in total. The summed E-state index contributed by atoms with van der Waals surface area (Å²) in [6, 6.07) is 0. The second kappa shape index (κ2) is 2.67. The lowest BCUT2D eigenvalue weighted by Crippen LogP contribution is -2.16. The van der Waals surface area contributed by atoms with Crippen molar-refractivity contribution in [3.05, 3.63) is 29.2 Å². The van der Waals surface area contributed by atoms with Crippen LogP contribution < -0.4 is 0 Å². The number of hydrogen-bond donors (Lipinski definition) is 1. The minimum Gasteiger partial charge on any atom is -0.464 e. The first-order valence-corrected chi connectivity index (χ1v) is 3.72. The maximum Gasteiger partial charge on any atom is 0.237 e. The van der Waals surface area contributed by atoms with Gasteiger partial charge in [-0.15, -0.1) is 0 Å². The Morgan fingerprint density at radius 1 is 1.31 bits per heavy atom. The van der Waals surface area contributed by atoms with Gasteiger partial charge in [0.05, 0.1) is 18.4 Å². The van der Waals surface area contributed by atoms with Gasteiger partial charge in [-0.1, -0.05) is 0 Å². The zero-order valence-corrected chi connectivity index (χ0v) is 6.61. The van der Waals surface area contributed by atoms with Gasteiger partial charge in [0, 0.05) is 5.56 Å². The summed E-state index contributed by atoms with van der Waals surface area (Å²) in [6.07, 6.45) is 3.87. The number of hydrogen-bond acceptors (Lipinski definition) is 4. The zero-order valence-electron chi connectivity index (χ0n) is 6.61. The lowest BCUT2D eigenvalue weighted by Gasteiger charge is -2.02. The molecule has 13 heavy (non-hydrogen) atoms. The Bertz CT molecular complexity index is 411. The molecule has 0 spiro atoms. The Morgan fingerprint density at radius 3 is 2.77 bits per heavy atom. The van der Waals surface area contributed by atoms with E-state index in [-0.39, 0.29) is 12.2 Å². The van der Waals surface area contributed by atoms with Crippen molar-refractivity contribution < 1.29 is 19.1 Å². The van der Waals surface area contributed by atoms with E-state index in [9.17, 15) is 9.59 Å². The molecule has 0 atom stereocenters. The summed E-state index contributed by atoms with van der Waals surface area (Å²) in [7, 11) is 0. The van der Waals surface area contributed by atoms with Crippen LogP contribution in [0, 0.1) is 0 Å². The number of rotatable bonds is 1. The highest BCUT2D eigenvalue weighted by molar-refractivity contribution is 6.50. The van der Waals surface area contributed by atoms with Crippen LogP contribution >= 0.6 is 0 Å². The summed E-state index contributed by atoms with van der Waals surface area (Å²) in [4.78, 5) is 22.2. The standard InChI is InChI=1S/C9H6O4/c10-3-5-4-13-7-2-1-6(11)9(12)8(5)7/h1-2,4,10H,3H2. The molecule has 1 aromatic heterocycles. The van der Waals surface area contributed by atoms with E-state index in [1.165, 1.54) is 12.3 Å². The number of Topliss-reactive ketones (excluding diaryl/α,β-unsaturated/α-hetero) is 1. The van der Waals surface area contributed by atoms with Crippen molar-refractivity contribution in [2.75, 3.05) is 0 Å². The van der Waals surface area contributed by atoms with Crippen molar-refractivity contribution in [1.29, 1.82) is 0 Å². The van der Waals surface area contributed by atoms with Crippen molar-refractivity contribution in [3.8, 4) is 0 Å². The van der Waals surface area contributed by atoms with Gasteiger partial charge in [0.1, 0.15) is 5.76 Å². The van der Waals surface area contributed by atoms with Gasteiger partial charge in [0.2, 0.25) is 11.6 Å². The van der Waals surface area contributed by atoms with E-state index in [0.29, 0.717) is 11.3 Å². The fourth-order valence-electron chi connectivity index (χ4n) is 1.26. The van der Waals surface area contributed by atoms with Crippen LogP contribution in [0.25, 0.3) is 6.08 Å². The van der Waals surface area contributed by atoms with Gasteiger partial charge in [-0.3, -0.25) is 9.59 Å². The van der Waals surface area contributed by atoms with Gasteiger partial charge in [-0.2, -0.15) is 0 Å². The van der Waals surface area contributed by atoms with E-state index in [1.807, 2.05) is 0 Å². The first-order chi connectivity index (χ1) is 6.24. The summed E-state index contributed by atoms with van der Waals surface area (Å²) < 4.78 is 4.98. The molecule has 0 aromatic carbocycles. The number of allylic oxidation sites excluding steroid dienone is 1. The number of carbonyl (C=O) groups excluding carboxylic acids is 2. The highest BCUT2D eigenvalue weighted by Gasteiger charge is 2.26. The summed E-state index contributed by atoms with van der Waals surface area (Å²) >= 11 is 0. The number of furan rings is 1. The summed E-state index contributed by atoms with van der Waals surface area (Å²) in [5.74, 6) is -0.854. The maximum absolute atomic E-state index is 11.3. The lowest BCUT2D eigenvalue weighted by molar-refractivity contribution is -0.111. The molecule has 4 nitrogen and oxygen atoms in total. The van der Waals surface area contributed by atoms with E-state index in [1.54, 1.807) is 0 Å². The predicted octanol–water partition coefficient (Wildman–Crippen LogP) is 0.550. The Hall–Kier alpha value is -1.68. The zero-order chi connectivity index (χ0) is 9.42. The van der Waals surface area contributed by atoms with Crippen molar-refractivity contribution in [2.24, 2.45) is 0 Å². The average molecular weight is 178 g/mol. The molecule has 0 unspecified atom stereocenters. The molecule has 0 aliphatic heterocycles.